The number of rotatable bonds is 10. The van der Waals surface area contributed by atoms with E-state index in [0.717, 1.165) is 5.69 Å². The van der Waals surface area contributed by atoms with Gasteiger partial charge in [-0.15, -0.1) is 0 Å². The van der Waals surface area contributed by atoms with Gasteiger partial charge < -0.3 is 25.8 Å². The number of aliphatic imine (C=N–C) groups is 1. The number of aliphatic hydroxyl groups is 1. The van der Waals surface area contributed by atoms with E-state index in [4.69, 9.17) is 0 Å². The number of anilines is 1. The van der Waals surface area contributed by atoms with Crippen molar-refractivity contribution in [2.75, 3.05) is 25.0 Å². The molecule has 0 bridgehead atoms. The molecule has 0 saturated carbocycles. The summed E-state index contributed by atoms with van der Waals surface area (Å²) in [5, 5.41) is 19.1. The lowest BCUT2D eigenvalue weighted by atomic mass is 10.1. The number of ether oxygens (including phenoxy) is 1. The average Bonchev–Trinajstić information content (AvgIpc) is 2.72. The molecule has 2 rings (SSSR count). The van der Waals surface area contributed by atoms with Gasteiger partial charge in [0, 0.05) is 25.2 Å². The number of pyridine rings is 1. The monoisotopic (exact) mass is 435 g/mol. The third-order valence-corrected chi connectivity index (χ3v) is 4.06. The van der Waals surface area contributed by atoms with Gasteiger partial charge in [0.15, 0.2) is 5.96 Å². The average molecular weight is 435 g/mol. The lowest BCUT2D eigenvalue weighted by molar-refractivity contribution is -0.116. The minimum atomic E-state index is -2.90. The van der Waals surface area contributed by atoms with Crippen LogP contribution in [-0.4, -0.2) is 48.2 Å². The van der Waals surface area contributed by atoms with Crippen LogP contribution in [0.15, 0.2) is 47.5 Å². The predicted octanol–water partition coefficient (Wildman–Crippen LogP) is 2.61. The SMILES string of the molecule is CCNC(=NCC(O)c1ccc(OC(F)F)cc1)NCCC(=O)Nc1cccc(C)n1. The first kappa shape index (κ1) is 24.0. The number of hydrogen-bond acceptors (Lipinski definition) is 5. The number of halogens is 2. The van der Waals surface area contributed by atoms with Crippen molar-refractivity contribution in [1.82, 2.24) is 15.6 Å². The van der Waals surface area contributed by atoms with E-state index in [2.05, 4.69) is 30.7 Å². The van der Waals surface area contributed by atoms with Crippen LogP contribution in [0.3, 0.4) is 0 Å². The first-order chi connectivity index (χ1) is 14.9. The standard InChI is InChI=1S/C21H27F2N5O3/c1-3-24-21(25-12-11-19(30)28-18-6-4-5-14(2)27-18)26-13-17(29)15-7-9-16(10-8-15)31-20(22)23/h4-10,17,20,29H,3,11-13H2,1-2H3,(H2,24,25,26)(H,27,28,30). The molecule has 1 heterocycles. The van der Waals surface area contributed by atoms with Gasteiger partial charge in [-0.05, 0) is 43.7 Å². The van der Waals surface area contributed by atoms with Gasteiger partial charge in [0.1, 0.15) is 11.6 Å². The summed E-state index contributed by atoms with van der Waals surface area (Å²) in [4.78, 5) is 20.6. The quantitative estimate of drug-likeness (QED) is 0.338. The molecule has 0 fully saturated rings. The summed E-state index contributed by atoms with van der Waals surface area (Å²) < 4.78 is 28.7. The highest BCUT2D eigenvalue weighted by Gasteiger charge is 2.10. The molecule has 1 unspecified atom stereocenters. The lowest BCUT2D eigenvalue weighted by Gasteiger charge is -2.14. The highest BCUT2D eigenvalue weighted by atomic mass is 19.3. The number of carbonyl (C=O) groups is 1. The number of benzene rings is 1. The lowest BCUT2D eigenvalue weighted by Crippen LogP contribution is -2.39. The number of guanidine groups is 1. The normalized spacial score (nSPS) is 12.4. The molecule has 1 aromatic carbocycles. The molecule has 2 aromatic rings. The maximum Gasteiger partial charge on any atom is 0.387 e. The number of alkyl halides is 2. The van der Waals surface area contributed by atoms with E-state index in [1.807, 2.05) is 26.0 Å². The zero-order chi connectivity index (χ0) is 22.6. The van der Waals surface area contributed by atoms with Crippen molar-refractivity contribution >= 4 is 17.7 Å². The Balaban J connectivity index is 1.82. The van der Waals surface area contributed by atoms with Gasteiger partial charge in [0.05, 0.1) is 12.6 Å². The number of hydrogen-bond donors (Lipinski definition) is 4. The fraction of sp³-hybridized carbons (Fsp3) is 0.381. The van der Waals surface area contributed by atoms with Crippen LogP contribution in [0.1, 0.15) is 30.7 Å². The van der Waals surface area contributed by atoms with E-state index < -0.39 is 12.7 Å². The van der Waals surface area contributed by atoms with Crippen LogP contribution in [0, 0.1) is 6.92 Å². The molecule has 0 saturated heterocycles. The topological polar surface area (TPSA) is 108 Å². The second-order valence-corrected chi connectivity index (χ2v) is 6.57. The molecule has 168 valence electrons. The molecule has 10 heteroatoms. The summed E-state index contributed by atoms with van der Waals surface area (Å²) in [6.07, 6.45) is -0.722. The van der Waals surface area contributed by atoms with Crippen LogP contribution in [0.2, 0.25) is 0 Å². The number of aryl methyl sites for hydroxylation is 1. The Hall–Kier alpha value is -3.27. The van der Waals surface area contributed by atoms with Crippen molar-refractivity contribution < 1.29 is 23.4 Å². The number of carbonyl (C=O) groups excluding carboxylic acids is 1. The molecule has 1 amide bonds. The second-order valence-electron chi connectivity index (χ2n) is 6.57. The van der Waals surface area contributed by atoms with Gasteiger partial charge in [-0.1, -0.05) is 18.2 Å². The molecular weight excluding hydrogens is 408 g/mol. The van der Waals surface area contributed by atoms with Crippen molar-refractivity contribution in [1.29, 1.82) is 0 Å². The summed E-state index contributed by atoms with van der Waals surface area (Å²) >= 11 is 0. The molecule has 0 spiro atoms. The number of aliphatic hydroxyl groups excluding tert-OH is 1. The van der Waals surface area contributed by atoms with Crippen LogP contribution in [0.4, 0.5) is 14.6 Å². The van der Waals surface area contributed by atoms with E-state index in [0.29, 0.717) is 30.4 Å². The first-order valence-corrected chi connectivity index (χ1v) is 9.86. The van der Waals surface area contributed by atoms with Crippen molar-refractivity contribution in [2.24, 2.45) is 4.99 Å². The molecule has 0 aliphatic carbocycles. The first-order valence-electron chi connectivity index (χ1n) is 9.86. The van der Waals surface area contributed by atoms with Crippen molar-refractivity contribution in [3.05, 3.63) is 53.7 Å². The number of amides is 1. The van der Waals surface area contributed by atoms with Crippen LogP contribution in [0.25, 0.3) is 0 Å². The molecule has 4 N–H and O–H groups in total. The molecule has 0 aliphatic rings. The van der Waals surface area contributed by atoms with Crippen LogP contribution in [0.5, 0.6) is 5.75 Å². The van der Waals surface area contributed by atoms with Gasteiger partial charge in [-0.25, -0.2) is 4.98 Å². The maximum atomic E-state index is 12.2. The zero-order valence-corrected chi connectivity index (χ0v) is 17.4. The van der Waals surface area contributed by atoms with E-state index >= 15 is 0 Å². The molecular formula is C21H27F2N5O3. The Morgan fingerprint density at radius 3 is 2.58 bits per heavy atom. The number of nitrogens with zero attached hydrogens (tertiary/aromatic N) is 2. The highest BCUT2D eigenvalue weighted by molar-refractivity contribution is 5.90. The van der Waals surface area contributed by atoms with Crippen LogP contribution < -0.4 is 20.7 Å². The van der Waals surface area contributed by atoms with Gasteiger partial charge in [0.2, 0.25) is 5.91 Å². The van der Waals surface area contributed by atoms with Crippen LogP contribution in [-0.2, 0) is 4.79 Å². The molecule has 1 atom stereocenters. The Bertz CT molecular complexity index is 862. The van der Waals surface area contributed by atoms with Gasteiger partial charge in [-0.3, -0.25) is 9.79 Å². The van der Waals surface area contributed by atoms with E-state index in [1.54, 1.807) is 6.07 Å². The largest absolute Gasteiger partial charge is 0.435 e. The number of aromatic nitrogens is 1. The summed E-state index contributed by atoms with van der Waals surface area (Å²) in [6.45, 7) is 1.82. The molecule has 0 radical (unpaired) electrons. The minimum Gasteiger partial charge on any atom is -0.435 e. The molecule has 1 aromatic heterocycles. The predicted molar refractivity (Wildman–Crippen MR) is 114 cm³/mol. The summed E-state index contributed by atoms with van der Waals surface area (Å²) in [5.74, 6) is 0.774. The van der Waals surface area contributed by atoms with E-state index in [1.165, 1.54) is 24.3 Å². The van der Waals surface area contributed by atoms with Gasteiger partial charge in [-0.2, -0.15) is 8.78 Å². The maximum absolute atomic E-state index is 12.2. The van der Waals surface area contributed by atoms with Gasteiger partial charge in [0.25, 0.3) is 0 Å². The van der Waals surface area contributed by atoms with Crippen LogP contribution >= 0.6 is 0 Å². The molecule has 8 nitrogen and oxygen atoms in total. The summed E-state index contributed by atoms with van der Waals surface area (Å²) in [7, 11) is 0. The Morgan fingerprint density at radius 2 is 1.94 bits per heavy atom. The molecule has 31 heavy (non-hydrogen) atoms. The van der Waals surface area contributed by atoms with E-state index in [-0.39, 0.29) is 24.6 Å². The fourth-order valence-corrected chi connectivity index (χ4v) is 2.61. The summed E-state index contributed by atoms with van der Waals surface area (Å²) in [5.41, 5.74) is 1.33. The summed E-state index contributed by atoms with van der Waals surface area (Å²) in [6, 6.07) is 11.1. The van der Waals surface area contributed by atoms with Crippen molar-refractivity contribution in [2.45, 2.75) is 33.0 Å². The van der Waals surface area contributed by atoms with Gasteiger partial charge >= 0.3 is 6.61 Å². The second kappa shape index (κ2) is 12.4. The number of nitrogens with one attached hydrogen (secondary N) is 3. The Morgan fingerprint density at radius 1 is 1.19 bits per heavy atom. The van der Waals surface area contributed by atoms with E-state index in [9.17, 15) is 18.7 Å². The Kier molecular flexibility index (Phi) is 9.63. The van der Waals surface area contributed by atoms with Crippen molar-refractivity contribution in [3.8, 4) is 5.75 Å². The third kappa shape index (κ3) is 8.95. The minimum absolute atomic E-state index is 0.0172. The third-order valence-electron chi connectivity index (χ3n) is 4.06. The fourth-order valence-electron chi connectivity index (χ4n) is 2.61. The Labute approximate surface area is 179 Å². The highest BCUT2D eigenvalue weighted by Crippen LogP contribution is 2.19. The smallest absolute Gasteiger partial charge is 0.387 e. The zero-order valence-electron chi connectivity index (χ0n) is 17.4. The molecule has 0 aliphatic heterocycles. The van der Waals surface area contributed by atoms with Crippen molar-refractivity contribution in [3.63, 3.8) is 0 Å².